The van der Waals surface area contributed by atoms with Crippen molar-refractivity contribution in [2.75, 3.05) is 19.6 Å². The van der Waals surface area contributed by atoms with Crippen LogP contribution in [0.15, 0.2) is 0 Å². The summed E-state index contributed by atoms with van der Waals surface area (Å²) in [6, 6.07) is 1.76. The van der Waals surface area contributed by atoms with Crippen LogP contribution in [-0.2, 0) is 0 Å². The lowest BCUT2D eigenvalue weighted by Gasteiger charge is -2.44. The van der Waals surface area contributed by atoms with Crippen molar-refractivity contribution in [2.24, 2.45) is 11.3 Å². The van der Waals surface area contributed by atoms with Crippen LogP contribution >= 0.6 is 0 Å². The topological polar surface area (TPSA) is 15.3 Å². The molecule has 0 unspecified atom stereocenters. The molecule has 21 heavy (non-hydrogen) atoms. The highest BCUT2D eigenvalue weighted by Gasteiger charge is 2.39. The number of nitrogens with one attached hydrogen (secondary N) is 1. The fourth-order valence-electron chi connectivity index (χ4n) is 5.33. The van der Waals surface area contributed by atoms with E-state index in [1.165, 1.54) is 83.8 Å². The van der Waals surface area contributed by atoms with Gasteiger partial charge in [0.25, 0.3) is 0 Å². The molecule has 4 rings (SSSR count). The largest absolute Gasteiger partial charge is 0.314 e. The van der Waals surface area contributed by atoms with E-state index in [0.29, 0.717) is 0 Å². The van der Waals surface area contributed by atoms with Crippen molar-refractivity contribution in [2.45, 2.75) is 89.1 Å². The Bertz CT molecular complexity index is 325. The van der Waals surface area contributed by atoms with E-state index in [0.717, 1.165) is 23.4 Å². The summed E-state index contributed by atoms with van der Waals surface area (Å²) in [5.41, 5.74) is 0.806. The molecule has 3 saturated carbocycles. The third-order valence-corrected chi connectivity index (χ3v) is 7.12. The molecule has 4 aliphatic rings. The van der Waals surface area contributed by atoms with Crippen LogP contribution < -0.4 is 5.32 Å². The van der Waals surface area contributed by atoms with Gasteiger partial charge in [-0.3, -0.25) is 0 Å². The molecule has 1 aliphatic heterocycles. The van der Waals surface area contributed by atoms with Crippen LogP contribution in [0.2, 0.25) is 0 Å². The number of rotatable bonds is 4. The maximum Gasteiger partial charge on any atom is 0.00956 e. The van der Waals surface area contributed by atoms with Gasteiger partial charge in [-0.25, -0.2) is 0 Å². The quantitative estimate of drug-likeness (QED) is 0.843. The first-order chi connectivity index (χ1) is 10.3. The van der Waals surface area contributed by atoms with E-state index in [1.54, 1.807) is 12.8 Å². The Morgan fingerprint density at radius 3 is 2.10 bits per heavy atom. The summed E-state index contributed by atoms with van der Waals surface area (Å²) in [4.78, 5) is 2.84. The van der Waals surface area contributed by atoms with E-state index in [4.69, 9.17) is 0 Å². The molecule has 3 aliphatic carbocycles. The van der Waals surface area contributed by atoms with Crippen LogP contribution in [0, 0.1) is 11.3 Å². The van der Waals surface area contributed by atoms with Crippen LogP contribution in [0.3, 0.4) is 0 Å². The summed E-state index contributed by atoms with van der Waals surface area (Å²) in [6.07, 6.45) is 18.0. The summed E-state index contributed by atoms with van der Waals surface area (Å²) in [5, 5.41) is 3.82. The van der Waals surface area contributed by atoms with Crippen LogP contribution in [0.4, 0.5) is 0 Å². The summed E-state index contributed by atoms with van der Waals surface area (Å²) < 4.78 is 0. The van der Waals surface area contributed by atoms with Crippen LogP contribution in [0.1, 0.15) is 77.0 Å². The molecule has 1 heterocycles. The molecule has 120 valence electrons. The highest BCUT2D eigenvalue weighted by molar-refractivity contribution is 4.93. The maximum absolute atomic E-state index is 3.82. The summed E-state index contributed by atoms with van der Waals surface area (Å²) in [5.74, 6) is 1.03. The Morgan fingerprint density at radius 1 is 0.810 bits per heavy atom. The molecule has 0 amide bonds. The zero-order valence-electron chi connectivity index (χ0n) is 13.8. The molecule has 1 spiro atoms. The number of likely N-dealkylation sites (tertiary alicyclic amines) is 1. The van der Waals surface area contributed by atoms with Crippen molar-refractivity contribution in [3.63, 3.8) is 0 Å². The third kappa shape index (κ3) is 3.47. The molecular weight excluding hydrogens is 256 g/mol. The van der Waals surface area contributed by atoms with E-state index in [2.05, 4.69) is 10.2 Å². The predicted octanol–water partition coefficient (Wildman–Crippen LogP) is 3.95. The second-order valence-corrected chi connectivity index (χ2v) is 8.60. The van der Waals surface area contributed by atoms with Crippen LogP contribution in [0.5, 0.6) is 0 Å². The van der Waals surface area contributed by atoms with Gasteiger partial charge in [-0.05, 0) is 95.2 Å². The van der Waals surface area contributed by atoms with Gasteiger partial charge in [0.05, 0.1) is 0 Å². The summed E-state index contributed by atoms with van der Waals surface area (Å²) in [6.45, 7) is 4.02. The van der Waals surface area contributed by atoms with Gasteiger partial charge in [0.15, 0.2) is 0 Å². The number of hydrogen-bond acceptors (Lipinski definition) is 2. The lowest BCUT2D eigenvalue weighted by Crippen LogP contribution is -2.48. The Kier molecular flexibility index (Phi) is 4.28. The Labute approximate surface area is 131 Å². The maximum atomic E-state index is 3.82. The molecule has 0 aromatic heterocycles. The van der Waals surface area contributed by atoms with E-state index < -0.39 is 0 Å². The number of nitrogens with zero attached hydrogens (tertiary/aromatic N) is 1. The lowest BCUT2D eigenvalue weighted by molar-refractivity contribution is 0.0704. The Balaban J connectivity index is 1.19. The van der Waals surface area contributed by atoms with Crippen molar-refractivity contribution in [3.8, 4) is 0 Å². The Morgan fingerprint density at radius 2 is 1.48 bits per heavy atom. The van der Waals surface area contributed by atoms with Crippen molar-refractivity contribution in [1.82, 2.24) is 10.2 Å². The van der Waals surface area contributed by atoms with Crippen molar-refractivity contribution >= 4 is 0 Å². The standard InChI is InChI=1S/C19H34N2/c1-2-10-19(9-1)11-5-18(6-12-19)21-13-7-17(8-14-21)20-15-16-3-4-16/h16-18,20H,1-15H2. The van der Waals surface area contributed by atoms with E-state index in [9.17, 15) is 0 Å². The smallest absolute Gasteiger partial charge is 0.00956 e. The van der Waals surface area contributed by atoms with E-state index in [1.807, 2.05) is 0 Å². The molecule has 1 N–H and O–H groups in total. The van der Waals surface area contributed by atoms with Gasteiger partial charge in [-0.2, -0.15) is 0 Å². The fraction of sp³-hybridized carbons (Fsp3) is 1.00. The monoisotopic (exact) mass is 290 g/mol. The minimum absolute atomic E-state index is 0.806. The summed E-state index contributed by atoms with van der Waals surface area (Å²) >= 11 is 0. The molecule has 2 heteroatoms. The molecule has 1 saturated heterocycles. The van der Waals surface area contributed by atoms with Gasteiger partial charge in [-0.1, -0.05) is 12.8 Å². The van der Waals surface area contributed by atoms with Crippen LogP contribution in [0.25, 0.3) is 0 Å². The van der Waals surface area contributed by atoms with Gasteiger partial charge in [0.1, 0.15) is 0 Å². The second kappa shape index (κ2) is 6.20. The minimum atomic E-state index is 0.806. The highest BCUT2D eigenvalue weighted by atomic mass is 15.2. The predicted molar refractivity (Wildman–Crippen MR) is 88.5 cm³/mol. The van der Waals surface area contributed by atoms with Gasteiger partial charge < -0.3 is 10.2 Å². The zero-order valence-corrected chi connectivity index (χ0v) is 13.8. The van der Waals surface area contributed by atoms with Gasteiger partial charge in [0, 0.05) is 12.1 Å². The third-order valence-electron chi connectivity index (χ3n) is 7.12. The van der Waals surface area contributed by atoms with Gasteiger partial charge in [0.2, 0.25) is 0 Å². The number of piperidine rings is 1. The first-order valence-corrected chi connectivity index (χ1v) is 9.80. The molecule has 0 aromatic carbocycles. The first kappa shape index (κ1) is 14.5. The second-order valence-electron chi connectivity index (χ2n) is 8.60. The van der Waals surface area contributed by atoms with Gasteiger partial charge >= 0.3 is 0 Å². The van der Waals surface area contributed by atoms with Crippen LogP contribution in [-0.4, -0.2) is 36.6 Å². The van der Waals surface area contributed by atoms with Gasteiger partial charge in [-0.15, -0.1) is 0 Å². The SMILES string of the molecule is C1CCC2(C1)CCC(N1CCC(NCC3CC3)CC1)CC2. The molecule has 0 radical (unpaired) electrons. The molecule has 0 aromatic rings. The van der Waals surface area contributed by atoms with Crippen molar-refractivity contribution in [1.29, 1.82) is 0 Å². The van der Waals surface area contributed by atoms with Crippen molar-refractivity contribution in [3.05, 3.63) is 0 Å². The fourth-order valence-corrected chi connectivity index (χ4v) is 5.33. The summed E-state index contributed by atoms with van der Waals surface area (Å²) in [7, 11) is 0. The molecule has 0 bridgehead atoms. The molecule has 2 nitrogen and oxygen atoms in total. The number of hydrogen-bond donors (Lipinski definition) is 1. The van der Waals surface area contributed by atoms with Crippen molar-refractivity contribution < 1.29 is 0 Å². The average molecular weight is 290 g/mol. The van der Waals surface area contributed by atoms with E-state index in [-0.39, 0.29) is 0 Å². The minimum Gasteiger partial charge on any atom is -0.314 e. The molecular formula is C19H34N2. The first-order valence-electron chi connectivity index (χ1n) is 9.80. The Hall–Kier alpha value is -0.0800. The zero-order chi connectivity index (χ0) is 14.1. The molecule has 0 atom stereocenters. The average Bonchev–Trinajstić information content (AvgIpc) is 3.26. The highest BCUT2D eigenvalue weighted by Crippen LogP contribution is 2.49. The molecule has 4 fully saturated rings. The normalized spacial score (nSPS) is 32.0. The lowest BCUT2D eigenvalue weighted by atomic mass is 9.71. The van der Waals surface area contributed by atoms with E-state index >= 15 is 0 Å².